The number of nitrogens with zero attached hydrogens (tertiary/aromatic N) is 2. The van der Waals surface area contributed by atoms with Crippen molar-refractivity contribution in [2.75, 3.05) is 5.32 Å². The van der Waals surface area contributed by atoms with Gasteiger partial charge in [0.2, 0.25) is 5.76 Å². The Hall–Kier alpha value is -2.66. The zero-order valence-corrected chi connectivity index (χ0v) is 13.3. The quantitative estimate of drug-likeness (QED) is 0.615. The first kappa shape index (κ1) is 15.2. The summed E-state index contributed by atoms with van der Waals surface area (Å²) in [6.45, 7) is 0. The fourth-order valence-electron chi connectivity index (χ4n) is 1.84. The number of nitrogens with one attached hydrogen (secondary N) is 1. The molecule has 11 heteroatoms. The number of carboxylic acid groups (broad SMARTS) is 2. The number of carbonyl (C=O) groups is 3. The molecule has 0 fully saturated rings. The Morgan fingerprint density at radius 1 is 1.30 bits per heavy atom. The summed E-state index contributed by atoms with van der Waals surface area (Å²) < 4.78 is 6.32. The first-order chi connectivity index (χ1) is 10.9. The van der Waals surface area contributed by atoms with Gasteiger partial charge in [0.05, 0.1) is 4.88 Å². The van der Waals surface area contributed by atoms with Crippen molar-refractivity contribution < 1.29 is 29.0 Å². The van der Waals surface area contributed by atoms with Crippen LogP contribution in [0.15, 0.2) is 26.4 Å². The SMILES string of the molecule is O=C(O)c1cc2c(o1)c(NC(=O)c1cc(Br)cs1)nn2C(=O)O. The molecular weight excluding hydrogens is 394 g/mol. The summed E-state index contributed by atoms with van der Waals surface area (Å²) in [5.41, 5.74) is -0.202. The van der Waals surface area contributed by atoms with Crippen LogP contribution in [-0.4, -0.2) is 38.0 Å². The van der Waals surface area contributed by atoms with E-state index in [-0.39, 0.29) is 16.9 Å². The van der Waals surface area contributed by atoms with Crippen molar-refractivity contribution in [2.45, 2.75) is 0 Å². The number of rotatable bonds is 3. The van der Waals surface area contributed by atoms with Gasteiger partial charge in [-0.15, -0.1) is 16.4 Å². The van der Waals surface area contributed by atoms with Crippen molar-refractivity contribution >= 4 is 62.2 Å². The molecule has 3 aromatic heterocycles. The summed E-state index contributed by atoms with van der Waals surface area (Å²) in [7, 11) is 0. The maximum atomic E-state index is 12.1. The molecule has 0 unspecified atom stereocenters. The van der Waals surface area contributed by atoms with E-state index in [0.717, 1.165) is 10.5 Å². The zero-order chi connectivity index (χ0) is 16.7. The van der Waals surface area contributed by atoms with E-state index >= 15 is 0 Å². The van der Waals surface area contributed by atoms with E-state index in [0.29, 0.717) is 9.56 Å². The van der Waals surface area contributed by atoms with Crippen molar-refractivity contribution in [3.63, 3.8) is 0 Å². The second-order valence-electron chi connectivity index (χ2n) is 4.26. The van der Waals surface area contributed by atoms with E-state index in [9.17, 15) is 14.4 Å². The summed E-state index contributed by atoms with van der Waals surface area (Å²) in [5, 5.41) is 25.8. The van der Waals surface area contributed by atoms with Crippen LogP contribution in [0.3, 0.4) is 0 Å². The van der Waals surface area contributed by atoms with Gasteiger partial charge in [-0.2, -0.15) is 4.68 Å². The normalized spacial score (nSPS) is 10.8. The molecule has 0 atom stereocenters. The first-order valence-corrected chi connectivity index (χ1v) is 7.58. The number of halogens is 1. The molecule has 0 aliphatic heterocycles. The van der Waals surface area contributed by atoms with Crippen LogP contribution in [-0.2, 0) is 0 Å². The number of thiophene rings is 1. The van der Waals surface area contributed by atoms with Gasteiger partial charge in [0.25, 0.3) is 5.91 Å². The van der Waals surface area contributed by atoms with Crippen LogP contribution in [0.2, 0.25) is 0 Å². The molecule has 0 aromatic carbocycles. The molecule has 3 aromatic rings. The zero-order valence-electron chi connectivity index (χ0n) is 10.9. The van der Waals surface area contributed by atoms with Gasteiger partial charge >= 0.3 is 12.1 Å². The smallest absolute Gasteiger partial charge is 0.432 e. The minimum Gasteiger partial charge on any atom is -0.475 e. The van der Waals surface area contributed by atoms with Crippen LogP contribution in [0.1, 0.15) is 20.2 Å². The average Bonchev–Trinajstić information content (AvgIpc) is 3.14. The summed E-state index contributed by atoms with van der Waals surface area (Å²) in [6.07, 6.45) is -1.44. The largest absolute Gasteiger partial charge is 0.475 e. The minimum atomic E-state index is -1.44. The highest BCUT2D eigenvalue weighted by molar-refractivity contribution is 9.10. The molecule has 9 nitrogen and oxygen atoms in total. The molecule has 0 aliphatic carbocycles. The highest BCUT2D eigenvalue weighted by Gasteiger charge is 2.24. The van der Waals surface area contributed by atoms with E-state index in [1.807, 2.05) is 0 Å². The van der Waals surface area contributed by atoms with E-state index in [1.165, 1.54) is 11.3 Å². The molecule has 1 amide bonds. The molecule has 0 radical (unpaired) electrons. The Morgan fingerprint density at radius 2 is 2.04 bits per heavy atom. The highest BCUT2D eigenvalue weighted by Crippen LogP contribution is 2.28. The third-order valence-corrected chi connectivity index (χ3v) is 4.46. The lowest BCUT2D eigenvalue weighted by Crippen LogP contribution is -2.13. The standard InChI is InChI=1S/C12H6BrN3O6S/c13-4-1-7(23-3-4)10(17)14-9-8-5(16(15-9)12(20)21)2-6(22-8)11(18)19/h1-3H,(H,18,19)(H,20,21)(H,14,15,17). The second-order valence-corrected chi connectivity index (χ2v) is 6.08. The van der Waals surface area contributed by atoms with Crippen LogP contribution in [0.4, 0.5) is 10.6 Å². The van der Waals surface area contributed by atoms with Crippen LogP contribution in [0, 0.1) is 0 Å². The van der Waals surface area contributed by atoms with Gasteiger partial charge in [-0.25, -0.2) is 9.59 Å². The van der Waals surface area contributed by atoms with Gasteiger partial charge in [-0.3, -0.25) is 4.79 Å². The molecule has 3 rings (SSSR count). The van der Waals surface area contributed by atoms with E-state index in [1.54, 1.807) is 11.4 Å². The number of furan rings is 1. The van der Waals surface area contributed by atoms with Gasteiger partial charge in [-0.1, -0.05) is 0 Å². The summed E-state index contributed by atoms with van der Waals surface area (Å²) in [5.74, 6) is -2.52. The molecule has 118 valence electrons. The topological polar surface area (TPSA) is 135 Å². The molecular formula is C12H6BrN3O6S. The van der Waals surface area contributed by atoms with Gasteiger partial charge in [0.1, 0.15) is 5.52 Å². The maximum Gasteiger partial charge on any atom is 0.432 e. The molecule has 0 saturated heterocycles. The molecule has 0 spiro atoms. The van der Waals surface area contributed by atoms with Gasteiger partial charge < -0.3 is 19.9 Å². The van der Waals surface area contributed by atoms with Gasteiger partial charge in [0, 0.05) is 15.9 Å². The summed E-state index contributed by atoms with van der Waals surface area (Å²) >= 11 is 4.39. The summed E-state index contributed by atoms with van der Waals surface area (Å²) in [4.78, 5) is 34.6. The Balaban J connectivity index is 2.04. The molecule has 3 N–H and O–H groups in total. The van der Waals surface area contributed by atoms with Crippen molar-refractivity contribution in [1.82, 2.24) is 9.78 Å². The molecule has 3 heterocycles. The van der Waals surface area contributed by atoms with Crippen molar-refractivity contribution in [3.05, 3.63) is 32.6 Å². The third kappa shape index (κ3) is 2.71. The van der Waals surface area contributed by atoms with Crippen LogP contribution >= 0.6 is 27.3 Å². The number of fused-ring (bicyclic) bond motifs is 1. The predicted molar refractivity (Wildman–Crippen MR) is 82.4 cm³/mol. The lowest BCUT2D eigenvalue weighted by atomic mass is 10.4. The molecule has 0 aliphatic rings. The number of hydrogen-bond acceptors (Lipinski definition) is 6. The fraction of sp³-hybridized carbons (Fsp3) is 0. The molecule has 0 bridgehead atoms. The number of carbonyl (C=O) groups excluding carboxylic acids is 1. The van der Waals surface area contributed by atoms with Gasteiger partial charge in [0.15, 0.2) is 11.4 Å². The van der Waals surface area contributed by atoms with Crippen LogP contribution in [0.25, 0.3) is 11.1 Å². The van der Waals surface area contributed by atoms with Crippen molar-refractivity contribution in [2.24, 2.45) is 0 Å². The molecule has 23 heavy (non-hydrogen) atoms. The first-order valence-electron chi connectivity index (χ1n) is 5.91. The van der Waals surface area contributed by atoms with Crippen LogP contribution < -0.4 is 5.32 Å². The monoisotopic (exact) mass is 399 g/mol. The van der Waals surface area contributed by atoms with Crippen molar-refractivity contribution in [1.29, 1.82) is 0 Å². The Bertz CT molecular complexity index is 955. The number of amides is 1. The predicted octanol–water partition coefficient (Wildman–Crippen LogP) is 2.93. The van der Waals surface area contributed by atoms with Gasteiger partial charge in [-0.05, 0) is 22.0 Å². The Labute approximate surface area is 139 Å². The fourth-order valence-corrected chi connectivity index (χ4v) is 3.16. The van der Waals surface area contributed by atoms with E-state index in [2.05, 4.69) is 26.3 Å². The second kappa shape index (κ2) is 5.52. The van der Waals surface area contributed by atoms with Crippen molar-refractivity contribution in [3.8, 4) is 0 Å². The lowest BCUT2D eigenvalue weighted by molar-refractivity contribution is 0.0665. The lowest BCUT2D eigenvalue weighted by Gasteiger charge is -1.98. The maximum absolute atomic E-state index is 12.1. The number of hydrogen-bond donors (Lipinski definition) is 3. The number of aromatic nitrogens is 2. The third-order valence-electron chi connectivity index (χ3n) is 2.77. The molecule has 0 saturated carbocycles. The number of anilines is 1. The Morgan fingerprint density at radius 3 is 2.61 bits per heavy atom. The van der Waals surface area contributed by atoms with Crippen LogP contribution in [0.5, 0.6) is 0 Å². The number of aromatic carboxylic acids is 1. The minimum absolute atomic E-state index is 0.0717. The average molecular weight is 400 g/mol. The Kier molecular flexibility index (Phi) is 3.66. The summed E-state index contributed by atoms with van der Waals surface area (Å²) in [6, 6.07) is 2.60. The number of carboxylic acids is 1. The highest BCUT2D eigenvalue weighted by atomic mass is 79.9. The van der Waals surface area contributed by atoms with E-state index in [4.69, 9.17) is 14.6 Å². The van der Waals surface area contributed by atoms with E-state index < -0.39 is 23.7 Å².